The van der Waals surface area contributed by atoms with Crippen LogP contribution in [0.3, 0.4) is 0 Å². The van der Waals surface area contributed by atoms with E-state index in [-0.39, 0.29) is 0 Å². The number of aryl methyl sites for hydroxylation is 1. The lowest BCUT2D eigenvalue weighted by Gasteiger charge is -2.10. The van der Waals surface area contributed by atoms with Gasteiger partial charge >= 0.3 is 0 Å². The van der Waals surface area contributed by atoms with E-state index in [1.54, 1.807) is 12.5 Å². The molecular formula is C15H13NO2. The second-order valence-electron chi connectivity index (χ2n) is 4.33. The number of hydrogen-bond donors (Lipinski definition) is 1. The summed E-state index contributed by atoms with van der Waals surface area (Å²) in [6, 6.07) is 11.6. The number of benzene rings is 1. The second-order valence-corrected chi connectivity index (χ2v) is 4.33. The highest BCUT2D eigenvalue weighted by Crippen LogP contribution is 2.26. The minimum atomic E-state index is -0.767. The molecule has 1 N–H and O–H groups in total. The number of aliphatic hydroxyl groups is 1. The molecule has 3 nitrogen and oxygen atoms in total. The Labute approximate surface area is 105 Å². The van der Waals surface area contributed by atoms with Crippen molar-refractivity contribution in [3.8, 4) is 0 Å². The van der Waals surface area contributed by atoms with Crippen molar-refractivity contribution in [2.24, 2.45) is 0 Å². The highest BCUT2D eigenvalue weighted by Gasteiger charge is 2.16. The molecule has 0 aliphatic carbocycles. The van der Waals surface area contributed by atoms with Crippen LogP contribution in [0, 0.1) is 6.92 Å². The summed E-state index contributed by atoms with van der Waals surface area (Å²) in [6.07, 6.45) is 2.51. The molecule has 0 aliphatic rings. The molecule has 0 radical (unpaired) electrons. The quantitative estimate of drug-likeness (QED) is 0.746. The molecule has 2 heterocycles. The van der Waals surface area contributed by atoms with Gasteiger partial charge in [-0.3, -0.25) is 4.98 Å². The van der Waals surface area contributed by atoms with Crippen molar-refractivity contribution in [2.75, 3.05) is 0 Å². The predicted octanol–water partition coefficient (Wildman–Crippen LogP) is 3.22. The van der Waals surface area contributed by atoms with Crippen molar-refractivity contribution in [1.29, 1.82) is 0 Å². The van der Waals surface area contributed by atoms with Gasteiger partial charge in [-0.05, 0) is 30.7 Å². The van der Waals surface area contributed by atoms with Crippen LogP contribution in [-0.4, -0.2) is 10.1 Å². The van der Waals surface area contributed by atoms with Crippen LogP contribution < -0.4 is 0 Å². The third kappa shape index (κ3) is 1.79. The van der Waals surface area contributed by atoms with E-state index >= 15 is 0 Å². The Morgan fingerprint density at radius 2 is 2.06 bits per heavy atom. The average Bonchev–Trinajstić information content (AvgIpc) is 2.83. The fourth-order valence-corrected chi connectivity index (χ4v) is 2.05. The minimum absolute atomic E-state index is 0.576. The summed E-state index contributed by atoms with van der Waals surface area (Å²) >= 11 is 0. The smallest absolute Gasteiger partial charge is 0.139 e. The molecule has 0 fully saturated rings. The first-order valence-corrected chi connectivity index (χ1v) is 5.82. The Hall–Kier alpha value is -2.13. The lowest BCUT2D eigenvalue weighted by atomic mass is 10.0. The first kappa shape index (κ1) is 11.0. The molecule has 1 atom stereocenters. The first-order valence-electron chi connectivity index (χ1n) is 5.82. The summed E-state index contributed by atoms with van der Waals surface area (Å²) in [7, 11) is 0. The number of pyridine rings is 1. The maximum absolute atomic E-state index is 10.3. The summed E-state index contributed by atoms with van der Waals surface area (Å²) in [5.41, 5.74) is 2.60. The number of aliphatic hydroxyl groups excluding tert-OH is 1. The summed E-state index contributed by atoms with van der Waals surface area (Å²) in [5, 5.41) is 11.3. The van der Waals surface area contributed by atoms with Crippen molar-refractivity contribution >= 4 is 10.9 Å². The standard InChI is InChI=1S/C15H13NO2/c1-10-6-7-18-15(10)14(17)12-8-11-4-2-3-5-13(11)16-9-12/h2-9,14,17H,1H3. The van der Waals surface area contributed by atoms with Crippen LogP contribution in [0.2, 0.25) is 0 Å². The molecule has 90 valence electrons. The molecule has 1 unspecified atom stereocenters. The van der Waals surface area contributed by atoms with Crippen molar-refractivity contribution < 1.29 is 9.52 Å². The molecule has 0 saturated heterocycles. The SMILES string of the molecule is Cc1ccoc1C(O)c1cnc2ccccc2c1. The molecule has 0 aliphatic heterocycles. The fourth-order valence-electron chi connectivity index (χ4n) is 2.05. The Morgan fingerprint density at radius 1 is 1.22 bits per heavy atom. The lowest BCUT2D eigenvalue weighted by molar-refractivity contribution is 0.188. The summed E-state index contributed by atoms with van der Waals surface area (Å²) in [4.78, 5) is 4.34. The number of hydrogen-bond acceptors (Lipinski definition) is 3. The van der Waals surface area contributed by atoms with Gasteiger partial charge in [-0.2, -0.15) is 0 Å². The van der Waals surface area contributed by atoms with E-state index in [0.29, 0.717) is 5.76 Å². The van der Waals surface area contributed by atoms with E-state index in [2.05, 4.69) is 4.98 Å². The monoisotopic (exact) mass is 239 g/mol. The first-order chi connectivity index (χ1) is 8.75. The van der Waals surface area contributed by atoms with Gasteiger partial charge in [-0.25, -0.2) is 0 Å². The molecule has 2 aromatic heterocycles. The Bertz CT molecular complexity index is 688. The number of furan rings is 1. The van der Waals surface area contributed by atoms with Crippen LogP contribution in [-0.2, 0) is 0 Å². The third-order valence-corrected chi connectivity index (χ3v) is 3.08. The van der Waals surface area contributed by atoms with Gasteiger partial charge in [0.2, 0.25) is 0 Å². The van der Waals surface area contributed by atoms with Crippen molar-refractivity contribution in [3.05, 3.63) is 65.7 Å². The number of nitrogens with zero attached hydrogens (tertiary/aromatic N) is 1. The van der Waals surface area contributed by atoms with Crippen molar-refractivity contribution in [3.63, 3.8) is 0 Å². The number of fused-ring (bicyclic) bond motifs is 1. The Morgan fingerprint density at radius 3 is 2.83 bits per heavy atom. The van der Waals surface area contributed by atoms with E-state index in [1.807, 2.05) is 43.3 Å². The normalized spacial score (nSPS) is 12.8. The molecule has 18 heavy (non-hydrogen) atoms. The summed E-state index contributed by atoms with van der Waals surface area (Å²) < 4.78 is 5.31. The zero-order chi connectivity index (χ0) is 12.5. The maximum atomic E-state index is 10.3. The van der Waals surface area contributed by atoms with Gasteiger partial charge in [-0.15, -0.1) is 0 Å². The maximum Gasteiger partial charge on any atom is 0.139 e. The molecule has 0 bridgehead atoms. The molecule has 1 aromatic carbocycles. The van der Waals surface area contributed by atoms with Crippen LogP contribution in [0.5, 0.6) is 0 Å². The van der Waals surface area contributed by atoms with E-state index in [9.17, 15) is 5.11 Å². The fraction of sp³-hybridized carbons (Fsp3) is 0.133. The van der Waals surface area contributed by atoms with E-state index in [4.69, 9.17) is 4.42 Å². The highest BCUT2D eigenvalue weighted by atomic mass is 16.4. The zero-order valence-corrected chi connectivity index (χ0v) is 10.00. The van der Waals surface area contributed by atoms with Crippen LogP contribution in [0.4, 0.5) is 0 Å². The van der Waals surface area contributed by atoms with E-state index in [0.717, 1.165) is 22.0 Å². The predicted molar refractivity (Wildman–Crippen MR) is 69.2 cm³/mol. The largest absolute Gasteiger partial charge is 0.466 e. The zero-order valence-electron chi connectivity index (χ0n) is 10.00. The van der Waals surface area contributed by atoms with Crippen molar-refractivity contribution in [1.82, 2.24) is 4.98 Å². The van der Waals surface area contributed by atoms with Crippen LogP contribution in [0.25, 0.3) is 10.9 Å². The summed E-state index contributed by atoms with van der Waals surface area (Å²) in [5.74, 6) is 0.576. The molecular weight excluding hydrogens is 226 g/mol. The minimum Gasteiger partial charge on any atom is -0.466 e. The third-order valence-electron chi connectivity index (χ3n) is 3.08. The number of rotatable bonds is 2. The van der Waals surface area contributed by atoms with Gasteiger partial charge in [0.25, 0.3) is 0 Å². The van der Waals surface area contributed by atoms with E-state index in [1.165, 1.54) is 0 Å². The molecule has 3 heteroatoms. The average molecular weight is 239 g/mol. The van der Waals surface area contributed by atoms with Gasteiger partial charge in [0.1, 0.15) is 11.9 Å². The number of aromatic nitrogens is 1. The van der Waals surface area contributed by atoms with Crippen LogP contribution >= 0.6 is 0 Å². The van der Waals surface area contributed by atoms with Crippen LogP contribution in [0.1, 0.15) is 23.0 Å². The topological polar surface area (TPSA) is 46.3 Å². The van der Waals surface area contributed by atoms with Gasteiger partial charge in [0, 0.05) is 17.1 Å². The van der Waals surface area contributed by atoms with E-state index < -0.39 is 6.10 Å². The summed E-state index contributed by atoms with van der Waals surface area (Å²) in [6.45, 7) is 1.91. The molecule has 3 aromatic rings. The number of para-hydroxylation sites is 1. The van der Waals surface area contributed by atoms with Crippen molar-refractivity contribution in [2.45, 2.75) is 13.0 Å². The van der Waals surface area contributed by atoms with Gasteiger partial charge < -0.3 is 9.52 Å². The lowest BCUT2D eigenvalue weighted by Crippen LogP contribution is -2.00. The molecule has 0 spiro atoms. The second kappa shape index (κ2) is 4.27. The molecule has 0 saturated carbocycles. The van der Waals surface area contributed by atoms with Gasteiger partial charge in [0.15, 0.2) is 0 Å². The van der Waals surface area contributed by atoms with Gasteiger partial charge in [0.05, 0.1) is 11.8 Å². The highest BCUT2D eigenvalue weighted by molar-refractivity contribution is 5.78. The Kier molecular flexibility index (Phi) is 2.61. The molecule has 0 amide bonds. The Balaban J connectivity index is 2.07. The van der Waals surface area contributed by atoms with Gasteiger partial charge in [-0.1, -0.05) is 18.2 Å². The van der Waals surface area contributed by atoms with Crippen LogP contribution in [0.15, 0.2) is 53.3 Å². The molecule has 3 rings (SSSR count).